The van der Waals surface area contributed by atoms with Crippen molar-refractivity contribution < 1.29 is 17.9 Å². The van der Waals surface area contributed by atoms with Crippen LogP contribution in [0.1, 0.15) is 45.6 Å². The molecule has 1 fully saturated rings. The quantitative estimate of drug-likeness (QED) is 0.682. The number of hydrogen-bond donors (Lipinski definition) is 1. The van der Waals surface area contributed by atoms with Gasteiger partial charge in [0.15, 0.2) is 6.61 Å². The van der Waals surface area contributed by atoms with Gasteiger partial charge in [-0.3, -0.25) is 4.79 Å². The summed E-state index contributed by atoms with van der Waals surface area (Å²) < 4.78 is 32.2. The van der Waals surface area contributed by atoms with Crippen molar-refractivity contribution in [3.05, 3.63) is 54.1 Å². The Kier molecular flexibility index (Phi) is 6.83. The molecular formula is C23H30N2O4S. The lowest BCUT2D eigenvalue weighted by atomic mass is 9.82. The van der Waals surface area contributed by atoms with Gasteiger partial charge in [-0.05, 0) is 66.6 Å². The van der Waals surface area contributed by atoms with Crippen molar-refractivity contribution in [2.24, 2.45) is 0 Å². The maximum absolute atomic E-state index is 12.6. The molecule has 7 heteroatoms. The Morgan fingerprint density at radius 1 is 1.03 bits per heavy atom. The van der Waals surface area contributed by atoms with E-state index in [0.717, 1.165) is 19.3 Å². The van der Waals surface area contributed by atoms with Gasteiger partial charge in [0.1, 0.15) is 5.75 Å². The number of nitrogens with zero attached hydrogens (tertiary/aromatic N) is 1. The van der Waals surface area contributed by atoms with Crippen LogP contribution in [-0.2, 0) is 20.2 Å². The van der Waals surface area contributed by atoms with Crippen molar-refractivity contribution in [2.75, 3.05) is 25.0 Å². The zero-order chi connectivity index (χ0) is 21.8. The molecule has 0 atom stereocenters. The minimum Gasteiger partial charge on any atom is -0.484 e. The predicted molar refractivity (Wildman–Crippen MR) is 118 cm³/mol. The fraction of sp³-hybridized carbons (Fsp3) is 0.435. The van der Waals surface area contributed by atoms with Gasteiger partial charge >= 0.3 is 0 Å². The van der Waals surface area contributed by atoms with E-state index >= 15 is 0 Å². The van der Waals surface area contributed by atoms with Gasteiger partial charge in [-0.25, -0.2) is 8.42 Å². The molecule has 1 saturated heterocycles. The predicted octanol–water partition coefficient (Wildman–Crippen LogP) is 4.18. The summed E-state index contributed by atoms with van der Waals surface area (Å²) in [5, 5.41) is 2.73. The van der Waals surface area contributed by atoms with Crippen LogP contribution >= 0.6 is 0 Å². The first-order valence-electron chi connectivity index (χ1n) is 10.4. The van der Waals surface area contributed by atoms with E-state index in [1.165, 1.54) is 22.0 Å². The van der Waals surface area contributed by atoms with Gasteiger partial charge in [0.2, 0.25) is 10.0 Å². The monoisotopic (exact) mass is 430 g/mol. The van der Waals surface area contributed by atoms with Crippen molar-refractivity contribution in [3.8, 4) is 5.75 Å². The number of ether oxygens (including phenoxy) is 1. The number of rotatable bonds is 8. The maximum atomic E-state index is 12.6. The van der Waals surface area contributed by atoms with E-state index in [0.29, 0.717) is 24.5 Å². The topological polar surface area (TPSA) is 75.7 Å². The first-order chi connectivity index (χ1) is 14.2. The molecule has 1 heterocycles. The Morgan fingerprint density at radius 2 is 1.63 bits per heavy atom. The van der Waals surface area contributed by atoms with Crippen molar-refractivity contribution in [3.63, 3.8) is 0 Å². The van der Waals surface area contributed by atoms with E-state index in [4.69, 9.17) is 4.74 Å². The minimum atomic E-state index is -3.45. The first-order valence-corrected chi connectivity index (χ1v) is 11.8. The molecule has 1 aliphatic rings. The average molecular weight is 431 g/mol. The lowest BCUT2D eigenvalue weighted by Crippen LogP contribution is -2.27. The molecule has 1 aliphatic heterocycles. The summed E-state index contributed by atoms with van der Waals surface area (Å²) >= 11 is 0. The normalized spacial score (nSPS) is 15.2. The zero-order valence-electron chi connectivity index (χ0n) is 17.8. The highest BCUT2D eigenvalue weighted by Crippen LogP contribution is 2.28. The molecule has 6 nitrogen and oxygen atoms in total. The molecule has 0 spiro atoms. The average Bonchev–Trinajstić information content (AvgIpc) is 3.29. The fourth-order valence-corrected chi connectivity index (χ4v) is 4.86. The van der Waals surface area contributed by atoms with Crippen LogP contribution in [0.2, 0.25) is 0 Å². The van der Waals surface area contributed by atoms with Crippen LogP contribution in [0.4, 0.5) is 5.69 Å². The number of hydrogen-bond acceptors (Lipinski definition) is 4. The number of anilines is 1. The Bertz CT molecular complexity index is 961. The van der Waals surface area contributed by atoms with E-state index in [-0.39, 0.29) is 22.8 Å². The standard InChI is InChI=1S/C23H30N2O4S/c1-4-23(2,3)18-7-11-20(12-8-18)29-17-22(26)24-19-9-13-21(14-10-19)30(27,28)25-15-5-6-16-25/h7-14H,4-6,15-17H2,1-3H3,(H,24,26). The second-order valence-electron chi connectivity index (χ2n) is 8.23. The van der Waals surface area contributed by atoms with E-state index in [1.54, 1.807) is 12.1 Å². The molecule has 1 amide bonds. The van der Waals surface area contributed by atoms with E-state index in [2.05, 4.69) is 26.1 Å². The summed E-state index contributed by atoms with van der Waals surface area (Å²) in [6.45, 7) is 7.55. The van der Waals surface area contributed by atoms with Gasteiger partial charge in [0.05, 0.1) is 4.90 Å². The molecule has 0 saturated carbocycles. The molecule has 0 aromatic heterocycles. The third-order valence-corrected chi connectivity index (χ3v) is 7.64. The number of amides is 1. The maximum Gasteiger partial charge on any atom is 0.262 e. The Balaban J connectivity index is 1.54. The van der Waals surface area contributed by atoms with Crippen LogP contribution in [0.15, 0.2) is 53.4 Å². The van der Waals surface area contributed by atoms with Gasteiger partial charge < -0.3 is 10.1 Å². The summed E-state index contributed by atoms with van der Waals surface area (Å²) in [5.74, 6) is 0.330. The highest BCUT2D eigenvalue weighted by molar-refractivity contribution is 7.89. The Labute approximate surface area is 179 Å². The van der Waals surface area contributed by atoms with Crippen molar-refractivity contribution in [2.45, 2.75) is 50.3 Å². The van der Waals surface area contributed by atoms with E-state index in [9.17, 15) is 13.2 Å². The molecule has 0 unspecified atom stereocenters. The number of nitrogens with one attached hydrogen (secondary N) is 1. The highest BCUT2D eigenvalue weighted by Gasteiger charge is 2.27. The van der Waals surface area contributed by atoms with Crippen LogP contribution in [0.3, 0.4) is 0 Å². The highest BCUT2D eigenvalue weighted by atomic mass is 32.2. The summed E-state index contributed by atoms with van der Waals surface area (Å²) in [5.41, 5.74) is 1.86. The SMILES string of the molecule is CCC(C)(C)c1ccc(OCC(=O)Nc2ccc(S(=O)(=O)N3CCCC3)cc2)cc1. The Hall–Kier alpha value is -2.38. The molecule has 162 valence electrons. The van der Waals surface area contributed by atoms with Crippen LogP contribution in [0.5, 0.6) is 5.75 Å². The molecule has 0 bridgehead atoms. The zero-order valence-corrected chi connectivity index (χ0v) is 18.7. The van der Waals surface area contributed by atoms with Gasteiger partial charge in [-0.2, -0.15) is 4.31 Å². The molecule has 0 radical (unpaired) electrons. The molecule has 3 rings (SSSR count). The molecular weight excluding hydrogens is 400 g/mol. The lowest BCUT2D eigenvalue weighted by molar-refractivity contribution is -0.118. The molecule has 2 aromatic carbocycles. The third-order valence-electron chi connectivity index (χ3n) is 5.73. The number of sulfonamides is 1. The van der Waals surface area contributed by atoms with Gasteiger partial charge in [-0.15, -0.1) is 0 Å². The largest absolute Gasteiger partial charge is 0.484 e. The molecule has 30 heavy (non-hydrogen) atoms. The fourth-order valence-electron chi connectivity index (χ4n) is 3.34. The van der Waals surface area contributed by atoms with Crippen LogP contribution in [0, 0.1) is 0 Å². The summed E-state index contributed by atoms with van der Waals surface area (Å²) in [6, 6.07) is 14.0. The van der Waals surface area contributed by atoms with Crippen LogP contribution in [-0.4, -0.2) is 38.3 Å². The van der Waals surface area contributed by atoms with Crippen molar-refractivity contribution >= 4 is 21.6 Å². The summed E-state index contributed by atoms with van der Waals surface area (Å²) in [4.78, 5) is 12.4. The molecule has 2 aromatic rings. The van der Waals surface area contributed by atoms with E-state index < -0.39 is 10.0 Å². The first kappa shape index (κ1) is 22.3. The smallest absolute Gasteiger partial charge is 0.262 e. The molecule has 0 aliphatic carbocycles. The van der Waals surface area contributed by atoms with Gasteiger partial charge in [0, 0.05) is 18.8 Å². The second kappa shape index (κ2) is 9.18. The molecule has 1 N–H and O–H groups in total. The van der Waals surface area contributed by atoms with Crippen LogP contribution < -0.4 is 10.1 Å². The second-order valence-corrected chi connectivity index (χ2v) is 10.2. The third kappa shape index (κ3) is 5.21. The van der Waals surface area contributed by atoms with Gasteiger partial charge in [-0.1, -0.05) is 32.9 Å². The van der Waals surface area contributed by atoms with Crippen molar-refractivity contribution in [1.29, 1.82) is 0 Å². The lowest BCUT2D eigenvalue weighted by Gasteiger charge is -2.23. The van der Waals surface area contributed by atoms with Gasteiger partial charge in [0.25, 0.3) is 5.91 Å². The number of carbonyl (C=O) groups is 1. The number of benzene rings is 2. The minimum absolute atomic E-state index is 0.102. The Morgan fingerprint density at radius 3 is 2.20 bits per heavy atom. The summed E-state index contributed by atoms with van der Waals surface area (Å²) in [6.07, 6.45) is 2.83. The van der Waals surface area contributed by atoms with Crippen molar-refractivity contribution in [1.82, 2.24) is 4.31 Å². The summed E-state index contributed by atoms with van der Waals surface area (Å²) in [7, 11) is -3.45. The number of carbonyl (C=O) groups excluding carboxylic acids is 1. The van der Waals surface area contributed by atoms with Crippen LogP contribution in [0.25, 0.3) is 0 Å². The van der Waals surface area contributed by atoms with E-state index in [1.807, 2.05) is 24.3 Å².